The van der Waals surface area contributed by atoms with E-state index in [2.05, 4.69) is 0 Å². The normalized spacial score (nSPS) is 24.1. The lowest BCUT2D eigenvalue weighted by molar-refractivity contribution is -0.180. The van der Waals surface area contributed by atoms with E-state index < -0.39 is 33.7 Å². The van der Waals surface area contributed by atoms with Crippen LogP contribution in [-0.2, 0) is 29.4 Å². The van der Waals surface area contributed by atoms with Crippen molar-refractivity contribution >= 4 is 16.1 Å². The van der Waals surface area contributed by atoms with Gasteiger partial charge in [-0.15, -0.1) is 0 Å². The van der Waals surface area contributed by atoms with E-state index in [0.717, 1.165) is 19.1 Å². The molecule has 2 unspecified atom stereocenters. The molecule has 0 saturated heterocycles. The van der Waals surface area contributed by atoms with Gasteiger partial charge in [-0.2, -0.15) is 8.42 Å². The Bertz CT molecular complexity index is 657. The predicted octanol–water partition coefficient (Wildman–Crippen LogP) is 1.97. The third-order valence-corrected chi connectivity index (χ3v) is 4.93. The summed E-state index contributed by atoms with van der Waals surface area (Å²) in [6.45, 7) is 1.78. The van der Waals surface area contributed by atoms with Crippen molar-refractivity contribution in [2.45, 2.75) is 44.3 Å². The standard InChI is InChI=1S/C17H24O6S/c1-3-22-16(18)17(19,13-9-5-4-6-10-13)14-11-7-8-12-15(14)23-24(2,20)21/h4-6,9-10,14-15,19H,3,7-8,11-12H2,1-2H3/t14?,15?,17-/m1/s1. The molecular formula is C17H24O6S. The molecule has 0 bridgehead atoms. The molecule has 24 heavy (non-hydrogen) atoms. The number of esters is 1. The van der Waals surface area contributed by atoms with Gasteiger partial charge in [0.15, 0.2) is 5.60 Å². The molecule has 0 spiro atoms. The Labute approximate surface area is 142 Å². The SMILES string of the molecule is CCOC(=O)[C@@](O)(c1ccccc1)C1CCCCC1OS(C)(=O)=O. The average Bonchev–Trinajstić information content (AvgIpc) is 2.54. The lowest BCUT2D eigenvalue weighted by Gasteiger charge is -2.40. The van der Waals surface area contributed by atoms with Gasteiger partial charge in [-0.25, -0.2) is 4.79 Å². The maximum absolute atomic E-state index is 12.6. The minimum Gasteiger partial charge on any atom is -0.464 e. The van der Waals surface area contributed by atoms with Crippen molar-refractivity contribution < 1.29 is 27.2 Å². The summed E-state index contributed by atoms with van der Waals surface area (Å²) in [6, 6.07) is 8.50. The summed E-state index contributed by atoms with van der Waals surface area (Å²) in [7, 11) is -3.70. The Balaban J connectivity index is 2.46. The summed E-state index contributed by atoms with van der Waals surface area (Å²) in [4.78, 5) is 12.6. The molecule has 1 aromatic rings. The van der Waals surface area contributed by atoms with E-state index in [4.69, 9.17) is 8.92 Å². The number of hydrogen-bond acceptors (Lipinski definition) is 6. The first-order valence-electron chi connectivity index (χ1n) is 8.12. The molecule has 1 N–H and O–H groups in total. The quantitative estimate of drug-likeness (QED) is 0.619. The van der Waals surface area contributed by atoms with E-state index in [1.54, 1.807) is 37.3 Å². The monoisotopic (exact) mass is 356 g/mol. The third kappa shape index (κ3) is 4.15. The zero-order valence-corrected chi connectivity index (χ0v) is 14.8. The molecule has 1 fully saturated rings. The highest BCUT2D eigenvalue weighted by molar-refractivity contribution is 7.86. The van der Waals surface area contributed by atoms with Crippen molar-refractivity contribution in [2.75, 3.05) is 12.9 Å². The van der Waals surface area contributed by atoms with Gasteiger partial charge in [0.1, 0.15) is 0 Å². The van der Waals surface area contributed by atoms with Gasteiger partial charge < -0.3 is 9.84 Å². The van der Waals surface area contributed by atoms with E-state index in [9.17, 15) is 18.3 Å². The first-order chi connectivity index (χ1) is 11.3. The van der Waals surface area contributed by atoms with Crippen molar-refractivity contribution in [1.29, 1.82) is 0 Å². The van der Waals surface area contributed by atoms with E-state index in [1.165, 1.54) is 0 Å². The van der Waals surface area contributed by atoms with E-state index in [0.29, 0.717) is 18.4 Å². The van der Waals surface area contributed by atoms with Crippen LogP contribution in [0.3, 0.4) is 0 Å². The first kappa shape index (κ1) is 18.9. The van der Waals surface area contributed by atoms with Gasteiger partial charge in [0.05, 0.1) is 19.0 Å². The second kappa shape index (κ2) is 7.63. The Morgan fingerprint density at radius 2 is 1.88 bits per heavy atom. The summed E-state index contributed by atoms with van der Waals surface area (Å²) in [5.41, 5.74) is -1.55. The second-order valence-electron chi connectivity index (χ2n) is 6.08. The van der Waals surface area contributed by atoms with Crippen LogP contribution in [-0.4, -0.2) is 38.5 Å². The minimum absolute atomic E-state index is 0.123. The topological polar surface area (TPSA) is 89.9 Å². The van der Waals surface area contributed by atoms with Crippen LogP contribution in [0.2, 0.25) is 0 Å². The second-order valence-corrected chi connectivity index (χ2v) is 7.68. The molecule has 0 aliphatic heterocycles. The number of aliphatic hydroxyl groups is 1. The Morgan fingerprint density at radius 3 is 2.46 bits per heavy atom. The molecule has 0 amide bonds. The van der Waals surface area contributed by atoms with E-state index in [1.807, 2.05) is 0 Å². The lowest BCUT2D eigenvalue weighted by Crippen LogP contribution is -2.51. The number of hydrogen-bond donors (Lipinski definition) is 1. The summed E-state index contributed by atoms with van der Waals surface area (Å²) in [5, 5.41) is 11.3. The van der Waals surface area contributed by atoms with E-state index >= 15 is 0 Å². The van der Waals surface area contributed by atoms with Crippen molar-refractivity contribution in [3.63, 3.8) is 0 Å². The Morgan fingerprint density at radius 1 is 1.25 bits per heavy atom. The van der Waals surface area contributed by atoms with Gasteiger partial charge in [-0.05, 0) is 25.3 Å². The molecule has 7 heteroatoms. The molecule has 1 saturated carbocycles. The molecule has 1 aromatic carbocycles. The zero-order valence-electron chi connectivity index (χ0n) is 14.0. The third-order valence-electron chi connectivity index (χ3n) is 4.34. The summed E-state index contributed by atoms with van der Waals surface area (Å²) in [5.74, 6) is -1.47. The predicted molar refractivity (Wildman–Crippen MR) is 88.6 cm³/mol. The largest absolute Gasteiger partial charge is 0.464 e. The molecule has 0 aromatic heterocycles. The molecule has 3 atom stereocenters. The molecule has 0 heterocycles. The van der Waals surface area contributed by atoms with Gasteiger partial charge in [0, 0.05) is 5.92 Å². The van der Waals surface area contributed by atoms with Crippen LogP contribution in [0.25, 0.3) is 0 Å². The Kier molecular flexibility index (Phi) is 6.01. The summed E-state index contributed by atoms with van der Waals surface area (Å²) >= 11 is 0. The van der Waals surface area contributed by atoms with Gasteiger partial charge in [0.2, 0.25) is 0 Å². The fraction of sp³-hybridized carbons (Fsp3) is 0.588. The van der Waals surface area contributed by atoms with Crippen molar-refractivity contribution in [2.24, 2.45) is 5.92 Å². The molecule has 134 valence electrons. The van der Waals surface area contributed by atoms with Crippen LogP contribution in [0.4, 0.5) is 0 Å². The molecule has 6 nitrogen and oxygen atoms in total. The van der Waals surface area contributed by atoms with Crippen LogP contribution in [0.15, 0.2) is 30.3 Å². The van der Waals surface area contributed by atoms with Crippen molar-refractivity contribution in [3.05, 3.63) is 35.9 Å². The van der Waals surface area contributed by atoms with Crippen LogP contribution >= 0.6 is 0 Å². The van der Waals surface area contributed by atoms with Crippen molar-refractivity contribution in [3.8, 4) is 0 Å². The van der Waals surface area contributed by atoms with Crippen LogP contribution in [0, 0.1) is 5.92 Å². The summed E-state index contributed by atoms with van der Waals surface area (Å²) < 4.78 is 33.5. The fourth-order valence-corrected chi connectivity index (χ4v) is 4.01. The fourth-order valence-electron chi connectivity index (χ4n) is 3.33. The number of carbonyl (C=O) groups is 1. The highest BCUT2D eigenvalue weighted by Gasteiger charge is 2.51. The van der Waals surface area contributed by atoms with Gasteiger partial charge in [-0.3, -0.25) is 4.18 Å². The number of ether oxygens (including phenoxy) is 1. The maximum atomic E-state index is 12.6. The van der Waals surface area contributed by atoms with Gasteiger partial charge in [0.25, 0.3) is 10.1 Å². The Hall–Kier alpha value is -1.44. The molecule has 2 rings (SSSR count). The molecular weight excluding hydrogens is 332 g/mol. The molecule has 1 aliphatic carbocycles. The molecule has 0 radical (unpaired) electrons. The van der Waals surface area contributed by atoms with Gasteiger partial charge >= 0.3 is 5.97 Å². The minimum atomic E-state index is -3.70. The van der Waals surface area contributed by atoms with Crippen LogP contribution < -0.4 is 0 Å². The summed E-state index contributed by atoms with van der Waals surface area (Å²) in [6.07, 6.45) is 2.72. The number of carbonyl (C=O) groups excluding carboxylic acids is 1. The first-order valence-corrected chi connectivity index (χ1v) is 9.94. The highest BCUT2D eigenvalue weighted by Crippen LogP contribution is 2.42. The van der Waals surface area contributed by atoms with E-state index in [-0.39, 0.29) is 6.61 Å². The lowest BCUT2D eigenvalue weighted by atomic mass is 9.71. The van der Waals surface area contributed by atoms with Crippen LogP contribution in [0.1, 0.15) is 38.2 Å². The smallest absolute Gasteiger partial charge is 0.343 e. The molecule has 1 aliphatic rings. The van der Waals surface area contributed by atoms with Crippen molar-refractivity contribution in [1.82, 2.24) is 0 Å². The highest BCUT2D eigenvalue weighted by atomic mass is 32.2. The average molecular weight is 356 g/mol. The maximum Gasteiger partial charge on any atom is 0.343 e. The number of benzene rings is 1. The zero-order chi connectivity index (χ0) is 17.8. The number of rotatable bonds is 6. The van der Waals surface area contributed by atoms with Gasteiger partial charge in [-0.1, -0.05) is 43.2 Å². The van der Waals surface area contributed by atoms with Crippen LogP contribution in [0.5, 0.6) is 0 Å².